The Balaban J connectivity index is 1.75. The summed E-state index contributed by atoms with van der Waals surface area (Å²) in [6, 6.07) is 17.5. The van der Waals surface area contributed by atoms with Crippen molar-refractivity contribution in [2.45, 2.75) is 32.2 Å². The second kappa shape index (κ2) is 6.00. The molecule has 1 unspecified atom stereocenters. The summed E-state index contributed by atoms with van der Waals surface area (Å²) in [4.78, 5) is 0. The van der Waals surface area contributed by atoms with E-state index < -0.39 is 0 Å². The van der Waals surface area contributed by atoms with Crippen molar-refractivity contribution in [3.63, 3.8) is 0 Å². The fraction of sp³-hybridized carbons (Fsp3) is 0.333. The van der Waals surface area contributed by atoms with Gasteiger partial charge in [0.25, 0.3) is 0 Å². The van der Waals surface area contributed by atoms with Crippen molar-refractivity contribution < 1.29 is 4.74 Å². The van der Waals surface area contributed by atoms with Crippen molar-refractivity contribution in [1.29, 1.82) is 0 Å². The SMILES string of the molecule is CCOc1ccc(NC2CCCc3ccccc32)cc1. The van der Waals surface area contributed by atoms with Gasteiger partial charge in [0.15, 0.2) is 0 Å². The van der Waals surface area contributed by atoms with Crippen molar-refractivity contribution in [3.8, 4) is 5.75 Å². The Hall–Kier alpha value is -1.96. The molecule has 0 spiro atoms. The molecule has 0 aromatic heterocycles. The Kier molecular flexibility index (Phi) is 3.91. The minimum absolute atomic E-state index is 0.429. The molecule has 0 amide bonds. The molecule has 3 rings (SSSR count). The van der Waals surface area contributed by atoms with Gasteiger partial charge >= 0.3 is 0 Å². The van der Waals surface area contributed by atoms with E-state index in [-0.39, 0.29) is 0 Å². The monoisotopic (exact) mass is 267 g/mol. The molecule has 0 bridgehead atoms. The minimum atomic E-state index is 0.429. The lowest BCUT2D eigenvalue weighted by Crippen LogP contribution is -2.17. The number of hydrogen-bond acceptors (Lipinski definition) is 2. The fourth-order valence-electron chi connectivity index (χ4n) is 2.92. The van der Waals surface area contributed by atoms with Crippen LogP contribution in [0.2, 0.25) is 0 Å². The first-order valence-electron chi connectivity index (χ1n) is 7.44. The zero-order valence-electron chi connectivity index (χ0n) is 11.9. The third kappa shape index (κ3) is 2.79. The predicted molar refractivity (Wildman–Crippen MR) is 83.4 cm³/mol. The van der Waals surface area contributed by atoms with E-state index >= 15 is 0 Å². The smallest absolute Gasteiger partial charge is 0.119 e. The van der Waals surface area contributed by atoms with Crippen LogP contribution in [0.5, 0.6) is 5.75 Å². The highest BCUT2D eigenvalue weighted by Crippen LogP contribution is 2.32. The number of hydrogen-bond donors (Lipinski definition) is 1. The van der Waals surface area contributed by atoms with Crippen molar-refractivity contribution in [1.82, 2.24) is 0 Å². The van der Waals surface area contributed by atoms with Crippen LogP contribution in [0.15, 0.2) is 48.5 Å². The molecule has 2 heteroatoms. The standard InChI is InChI=1S/C18H21NO/c1-2-20-16-12-10-15(11-13-16)19-18-9-5-7-14-6-3-4-8-17(14)18/h3-4,6,8,10-13,18-19H,2,5,7,9H2,1H3. The van der Waals surface area contributed by atoms with Crippen LogP contribution in [0.3, 0.4) is 0 Å². The highest BCUT2D eigenvalue weighted by molar-refractivity contribution is 5.49. The lowest BCUT2D eigenvalue weighted by atomic mass is 9.87. The van der Waals surface area contributed by atoms with Gasteiger partial charge in [-0.3, -0.25) is 0 Å². The molecule has 1 atom stereocenters. The molecule has 2 aromatic carbocycles. The van der Waals surface area contributed by atoms with Gasteiger partial charge in [0, 0.05) is 5.69 Å². The van der Waals surface area contributed by atoms with E-state index in [9.17, 15) is 0 Å². The van der Waals surface area contributed by atoms with E-state index in [1.807, 2.05) is 19.1 Å². The summed E-state index contributed by atoms with van der Waals surface area (Å²) in [5.74, 6) is 0.932. The number of nitrogens with one attached hydrogen (secondary N) is 1. The summed E-state index contributed by atoms with van der Waals surface area (Å²) in [5, 5.41) is 3.65. The second-order valence-corrected chi connectivity index (χ2v) is 5.25. The average molecular weight is 267 g/mol. The summed E-state index contributed by atoms with van der Waals surface area (Å²) in [6.45, 7) is 2.72. The second-order valence-electron chi connectivity index (χ2n) is 5.25. The molecule has 0 radical (unpaired) electrons. The van der Waals surface area contributed by atoms with E-state index in [0.29, 0.717) is 12.6 Å². The Bertz CT molecular complexity index is 562. The van der Waals surface area contributed by atoms with Gasteiger partial charge in [-0.2, -0.15) is 0 Å². The Morgan fingerprint density at radius 3 is 2.70 bits per heavy atom. The predicted octanol–water partition coefficient (Wildman–Crippen LogP) is 4.57. The largest absolute Gasteiger partial charge is 0.494 e. The van der Waals surface area contributed by atoms with Crippen LogP contribution in [0.4, 0.5) is 5.69 Å². The van der Waals surface area contributed by atoms with Crippen molar-refractivity contribution in [3.05, 3.63) is 59.7 Å². The lowest BCUT2D eigenvalue weighted by Gasteiger charge is -2.27. The molecule has 0 fully saturated rings. The normalized spacial score (nSPS) is 17.4. The molecule has 20 heavy (non-hydrogen) atoms. The van der Waals surface area contributed by atoms with Crippen LogP contribution in [-0.2, 0) is 6.42 Å². The molecular weight excluding hydrogens is 246 g/mol. The van der Waals surface area contributed by atoms with Gasteiger partial charge < -0.3 is 10.1 Å². The van der Waals surface area contributed by atoms with Gasteiger partial charge in [0.05, 0.1) is 12.6 Å². The van der Waals surface area contributed by atoms with E-state index in [0.717, 1.165) is 11.4 Å². The number of benzene rings is 2. The number of anilines is 1. The van der Waals surface area contributed by atoms with Crippen LogP contribution in [-0.4, -0.2) is 6.61 Å². The Morgan fingerprint density at radius 2 is 1.90 bits per heavy atom. The molecule has 0 aliphatic heterocycles. The van der Waals surface area contributed by atoms with E-state index in [1.54, 1.807) is 0 Å². The van der Waals surface area contributed by atoms with E-state index in [4.69, 9.17) is 4.74 Å². The Labute approximate surface area is 120 Å². The Morgan fingerprint density at radius 1 is 1.10 bits per heavy atom. The summed E-state index contributed by atoms with van der Waals surface area (Å²) in [7, 11) is 0. The summed E-state index contributed by atoms with van der Waals surface area (Å²) < 4.78 is 5.48. The topological polar surface area (TPSA) is 21.3 Å². The van der Waals surface area contributed by atoms with Crippen LogP contribution in [0.1, 0.15) is 36.9 Å². The average Bonchev–Trinajstić information content (AvgIpc) is 2.50. The molecule has 1 aliphatic carbocycles. The van der Waals surface area contributed by atoms with Crippen molar-refractivity contribution in [2.24, 2.45) is 0 Å². The molecule has 1 aliphatic rings. The van der Waals surface area contributed by atoms with Gasteiger partial charge in [-0.05, 0) is 61.6 Å². The van der Waals surface area contributed by atoms with Crippen LogP contribution < -0.4 is 10.1 Å². The van der Waals surface area contributed by atoms with E-state index in [1.165, 1.54) is 30.4 Å². The zero-order chi connectivity index (χ0) is 13.8. The highest BCUT2D eigenvalue weighted by Gasteiger charge is 2.19. The maximum absolute atomic E-state index is 5.48. The van der Waals surface area contributed by atoms with Gasteiger partial charge in [-0.25, -0.2) is 0 Å². The fourth-order valence-corrected chi connectivity index (χ4v) is 2.92. The molecule has 1 N–H and O–H groups in total. The molecule has 0 saturated carbocycles. The first-order chi connectivity index (χ1) is 9.86. The van der Waals surface area contributed by atoms with Crippen molar-refractivity contribution >= 4 is 5.69 Å². The molecule has 0 heterocycles. The third-order valence-electron chi connectivity index (χ3n) is 3.88. The van der Waals surface area contributed by atoms with Gasteiger partial charge in [-0.1, -0.05) is 24.3 Å². The first kappa shape index (κ1) is 13.0. The van der Waals surface area contributed by atoms with Gasteiger partial charge in [-0.15, -0.1) is 0 Å². The first-order valence-corrected chi connectivity index (χ1v) is 7.44. The molecule has 0 saturated heterocycles. The highest BCUT2D eigenvalue weighted by atomic mass is 16.5. The number of ether oxygens (including phenoxy) is 1. The quantitative estimate of drug-likeness (QED) is 0.875. The molecule has 2 nitrogen and oxygen atoms in total. The van der Waals surface area contributed by atoms with Crippen LogP contribution >= 0.6 is 0 Å². The number of rotatable bonds is 4. The number of aryl methyl sites for hydroxylation is 1. The van der Waals surface area contributed by atoms with Crippen LogP contribution in [0.25, 0.3) is 0 Å². The summed E-state index contributed by atoms with van der Waals surface area (Å²) in [5.41, 5.74) is 4.10. The van der Waals surface area contributed by atoms with E-state index in [2.05, 4.69) is 41.7 Å². The van der Waals surface area contributed by atoms with Gasteiger partial charge in [0.1, 0.15) is 5.75 Å². The summed E-state index contributed by atoms with van der Waals surface area (Å²) in [6.07, 6.45) is 3.66. The maximum Gasteiger partial charge on any atom is 0.119 e. The van der Waals surface area contributed by atoms with Crippen molar-refractivity contribution in [2.75, 3.05) is 11.9 Å². The maximum atomic E-state index is 5.48. The zero-order valence-corrected chi connectivity index (χ0v) is 11.9. The molecule has 104 valence electrons. The molecular formula is C18H21NO. The lowest BCUT2D eigenvalue weighted by molar-refractivity contribution is 0.340. The third-order valence-corrected chi connectivity index (χ3v) is 3.88. The summed E-state index contributed by atoms with van der Waals surface area (Å²) >= 11 is 0. The van der Waals surface area contributed by atoms with Crippen LogP contribution in [0, 0.1) is 0 Å². The molecule has 2 aromatic rings. The number of fused-ring (bicyclic) bond motifs is 1. The minimum Gasteiger partial charge on any atom is -0.494 e. The van der Waals surface area contributed by atoms with Gasteiger partial charge in [0.2, 0.25) is 0 Å².